The molecular formula is C18H34O. The van der Waals surface area contributed by atoms with Gasteiger partial charge in [-0.15, -0.1) is 0 Å². The maximum Gasteiger partial charge on any atom is 0.119 e. The summed E-state index contributed by atoms with van der Waals surface area (Å²) in [6.07, 6.45) is 20.8. The van der Waals surface area contributed by atoms with Gasteiger partial charge in [0.2, 0.25) is 0 Å². The van der Waals surface area contributed by atoms with Crippen molar-refractivity contribution in [3.63, 3.8) is 0 Å². The van der Waals surface area contributed by atoms with E-state index in [4.69, 9.17) is 0 Å². The summed E-state index contributed by atoms with van der Waals surface area (Å²) in [7, 11) is 0. The van der Waals surface area contributed by atoms with E-state index in [1.54, 1.807) is 0 Å². The van der Waals surface area contributed by atoms with E-state index in [9.17, 15) is 4.79 Å². The third kappa shape index (κ3) is 15.4. The minimum atomic E-state index is 0.745. The van der Waals surface area contributed by atoms with Crippen LogP contribution in [0.3, 0.4) is 0 Å². The third-order valence-electron chi connectivity index (χ3n) is 3.67. The molecule has 0 saturated heterocycles. The molecule has 19 heavy (non-hydrogen) atoms. The molecule has 0 aromatic heterocycles. The molecule has 1 nitrogen and oxygen atoms in total. The highest BCUT2D eigenvalue weighted by Gasteiger charge is 1.96. The summed E-state index contributed by atoms with van der Waals surface area (Å²) in [5, 5.41) is 0. The Balaban J connectivity index is 3.24. The second-order valence-corrected chi connectivity index (χ2v) is 5.77. The van der Waals surface area contributed by atoms with Gasteiger partial charge < -0.3 is 4.79 Å². The van der Waals surface area contributed by atoms with Gasteiger partial charge in [-0.1, -0.05) is 70.9 Å². The van der Waals surface area contributed by atoms with E-state index in [0.717, 1.165) is 25.0 Å². The first-order valence-electron chi connectivity index (χ1n) is 8.41. The lowest BCUT2D eigenvalue weighted by Crippen LogP contribution is -1.89. The third-order valence-corrected chi connectivity index (χ3v) is 3.67. The molecule has 0 aromatic carbocycles. The largest absolute Gasteiger partial charge is 0.303 e. The van der Waals surface area contributed by atoms with Gasteiger partial charge in [0.25, 0.3) is 0 Å². The first-order chi connectivity index (χ1) is 9.31. The van der Waals surface area contributed by atoms with E-state index in [1.807, 2.05) is 0 Å². The van der Waals surface area contributed by atoms with Crippen LogP contribution in [0.2, 0.25) is 0 Å². The molecule has 1 heteroatoms. The Morgan fingerprint density at radius 1 is 0.842 bits per heavy atom. The van der Waals surface area contributed by atoms with Crippen LogP contribution in [0.1, 0.15) is 90.9 Å². The fraction of sp³-hybridized carbons (Fsp3) is 0.833. The van der Waals surface area contributed by atoms with E-state index in [0.29, 0.717) is 0 Å². The summed E-state index contributed by atoms with van der Waals surface area (Å²) in [5.74, 6) is 0.754. The number of rotatable bonds is 14. The minimum Gasteiger partial charge on any atom is -0.303 e. The summed E-state index contributed by atoms with van der Waals surface area (Å²) in [4.78, 5) is 10.1. The molecule has 0 spiro atoms. The summed E-state index contributed by atoms with van der Waals surface area (Å²) in [6.45, 7) is 4.60. The van der Waals surface area contributed by atoms with Crippen LogP contribution in [-0.2, 0) is 4.79 Å². The van der Waals surface area contributed by atoms with Crippen molar-refractivity contribution in [2.45, 2.75) is 90.9 Å². The highest BCUT2D eigenvalue weighted by Crippen LogP contribution is 2.13. The molecular weight excluding hydrogens is 232 g/mol. The monoisotopic (exact) mass is 266 g/mol. The molecule has 0 aromatic rings. The average molecular weight is 266 g/mol. The van der Waals surface area contributed by atoms with Crippen molar-refractivity contribution in [3.8, 4) is 0 Å². The lowest BCUT2D eigenvalue weighted by Gasteiger charge is -2.05. The van der Waals surface area contributed by atoms with E-state index >= 15 is 0 Å². The van der Waals surface area contributed by atoms with Crippen LogP contribution in [-0.4, -0.2) is 6.29 Å². The van der Waals surface area contributed by atoms with Crippen molar-refractivity contribution in [2.24, 2.45) is 5.92 Å². The van der Waals surface area contributed by atoms with Crippen molar-refractivity contribution in [3.05, 3.63) is 12.2 Å². The van der Waals surface area contributed by atoms with Gasteiger partial charge in [-0.25, -0.2) is 0 Å². The highest BCUT2D eigenvalue weighted by atomic mass is 16.1. The molecule has 0 saturated carbocycles. The Bertz CT molecular complexity index is 208. The van der Waals surface area contributed by atoms with Crippen LogP contribution >= 0.6 is 0 Å². The second-order valence-electron chi connectivity index (χ2n) is 5.77. The molecule has 0 heterocycles. The van der Waals surface area contributed by atoms with E-state index in [1.165, 1.54) is 64.2 Å². The van der Waals surface area contributed by atoms with Gasteiger partial charge >= 0.3 is 0 Å². The number of carbonyl (C=O) groups is 1. The summed E-state index contributed by atoms with van der Waals surface area (Å²) in [6, 6.07) is 0. The average Bonchev–Trinajstić information content (AvgIpc) is 2.42. The fourth-order valence-corrected chi connectivity index (χ4v) is 2.34. The van der Waals surface area contributed by atoms with Crippen molar-refractivity contribution in [2.75, 3.05) is 0 Å². The second kappa shape index (κ2) is 15.5. The SMILES string of the molecule is CCCCCCC(C)C=CCCCCCCCC=O. The Hall–Kier alpha value is -0.590. The van der Waals surface area contributed by atoms with Crippen LogP contribution in [0.25, 0.3) is 0 Å². The number of allylic oxidation sites excluding steroid dienone is 2. The standard InChI is InChI=1S/C18H34O/c1-3-4-5-12-15-18(2)16-13-10-8-6-7-9-11-14-17-19/h13,16-18H,3-12,14-15H2,1-2H3. The lowest BCUT2D eigenvalue weighted by molar-refractivity contribution is -0.107. The normalized spacial score (nSPS) is 12.9. The molecule has 0 radical (unpaired) electrons. The summed E-state index contributed by atoms with van der Waals surface area (Å²) < 4.78 is 0. The first kappa shape index (κ1) is 18.4. The zero-order valence-electron chi connectivity index (χ0n) is 13.2. The zero-order valence-corrected chi connectivity index (χ0v) is 13.2. The Morgan fingerprint density at radius 2 is 1.47 bits per heavy atom. The molecule has 1 unspecified atom stereocenters. The van der Waals surface area contributed by atoms with Gasteiger partial charge in [0.1, 0.15) is 6.29 Å². The predicted octanol–water partition coefficient (Wildman–Crippen LogP) is 6.08. The molecule has 0 bridgehead atoms. The van der Waals surface area contributed by atoms with Crippen LogP contribution in [0, 0.1) is 5.92 Å². The molecule has 0 N–H and O–H groups in total. The molecule has 0 aliphatic rings. The number of hydrogen-bond acceptors (Lipinski definition) is 1. The fourth-order valence-electron chi connectivity index (χ4n) is 2.34. The van der Waals surface area contributed by atoms with Gasteiger partial charge in [-0.2, -0.15) is 0 Å². The van der Waals surface area contributed by atoms with Gasteiger partial charge in [0.05, 0.1) is 0 Å². The van der Waals surface area contributed by atoms with Crippen LogP contribution < -0.4 is 0 Å². The highest BCUT2D eigenvalue weighted by molar-refractivity contribution is 5.48. The van der Waals surface area contributed by atoms with Crippen molar-refractivity contribution >= 4 is 6.29 Å². The van der Waals surface area contributed by atoms with Crippen LogP contribution in [0.15, 0.2) is 12.2 Å². The van der Waals surface area contributed by atoms with Gasteiger partial charge in [0.15, 0.2) is 0 Å². The lowest BCUT2D eigenvalue weighted by atomic mass is 10.0. The Labute approximate surface area is 120 Å². The molecule has 0 aliphatic carbocycles. The number of aldehydes is 1. The number of unbranched alkanes of at least 4 members (excludes halogenated alkanes) is 9. The van der Waals surface area contributed by atoms with Crippen molar-refractivity contribution in [1.82, 2.24) is 0 Å². The summed E-state index contributed by atoms with van der Waals surface area (Å²) >= 11 is 0. The Morgan fingerprint density at radius 3 is 2.16 bits per heavy atom. The van der Waals surface area contributed by atoms with Gasteiger partial charge in [-0.3, -0.25) is 0 Å². The maximum atomic E-state index is 10.1. The van der Waals surface area contributed by atoms with E-state index < -0.39 is 0 Å². The Kier molecular flexibility index (Phi) is 15.0. The van der Waals surface area contributed by atoms with Crippen molar-refractivity contribution in [1.29, 1.82) is 0 Å². The van der Waals surface area contributed by atoms with Crippen molar-refractivity contribution < 1.29 is 4.79 Å². The topological polar surface area (TPSA) is 17.1 Å². The molecule has 0 rings (SSSR count). The molecule has 1 atom stereocenters. The van der Waals surface area contributed by atoms with Gasteiger partial charge in [0, 0.05) is 6.42 Å². The smallest absolute Gasteiger partial charge is 0.119 e. The van der Waals surface area contributed by atoms with Crippen LogP contribution in [0.5, 0.6) is 0 Å². The first-order valence-corrected chi connectivity index (χ1v) is 8.41. The predicted molar refractivity (Wildman–Crippen MR) is 85.4 cm³/mol. The molecule has 0 aliphatic heterocycles. The number of carbonyl (C=O) groups excluding carboxylic acids is 1. The van der Waals surface area contributed by atoms with Gasteiger partial charge in [-0.05, 0) is 31.6 Å². The van der Waals surface area contributed by atoms with E-state index in [-0.39, 0.29) is 0 Å². The zero-order chi connectivity index (χ0) is 14.2. The molecule has 0 amide bonds. The summed E-state index contributed by atoms with van der Waals surface area (Å²) in [5.41, 5.74) is 0. The van der Waals surface area contributed by atoms with Crippen LogP contribution in [0.4, 0.5) is 0 Å². The maximum absolute atomic E-state index is 10.1. The molecule has 112 valence electrons. The molecule has 0 fully saturated rings. The quantitative estimate of drug-likeness (QED) is 0.211. The number of hydrogen-bond donors (Lipinski definition) is 0. The van der Waals surface area contributed by atoms with E-state index in [2.05, 4.69) is 26.0 Å². The minimum absolute atomic E-state index is 0.745.